The Labute approximate surface area is 94.8 Å². The van der Waals surface area contributed by atoms with Crippen LogP contribution < -0.4 is 5.32 Å². The van der Waals surface area contributed by atoms with Crippen molar-refractivity contribution >= 4 is 16.7 Å². The molecule has 0 fully saturated rings. The van der Waals surface area contributed by atoms with E-state index < -0.39 is 0 Å². The van der Waals surface area contributed by atoms with Crippen LogP contribution in [-0.2, 0) is 6.54 Å². The van der Waals surface area contributed by atoms with Gasteiger partial charge in [-0.2, -0.15) is 0 Å². The normalized spacial score (nSPS) is 15.9. The Morgan fingerprint density at radius 3 is 3.06 bits per heavy atom. The van der Waals surface area contributed by atoms with E-state index >= 15 is 0 Å². The van der Waals surface area contributed by atoms with Gasteiger partial charge in [0.05, 0.1) is 6.54 Å². The number of amidine groups is 1. The highest BCUT2D eigenvalue weighted by molar-refractivity contribution is 5.86. The Balaban J connectivity index is 1.91. The van der Waals surface area contributed by atoms with E-state index in [4.69, 9.17) is 0 Å². The summed E-state index contributed by atoms with van der Waals surface area (Å²) < 4.78 is 2.24. The molecule has 0 amide bonds. The lowest BCUT2D eigenvalue weighted by Gasteiger charge is -2.15. The average molecular weight is 213 g/mol. The van der Waals surface area contributed by atoms with Gasteiger partial charge in [0.15, 0.2) is 0 Å². The van der Waals surface area contributed by atoms with Gasteiger partial charge >= 0.3 is 0 Å². The third kappa shape index (κ3) is 1.69. The van der Waals surface area contributed by atoms with Gasteiger partial charge < -0.3 is 9.88 Å². The number of hydrogen-bond donors (Lipinski definition) is 1. The van der Waals surface area contributed by atoms with Gasteiger partial charge in [0.1, 0.15) is 5.84 Å². The summed E-state index contributed by atoms with van der Waals surface area (Å²) in [4.78, 5) is 4.50. The number of hydrogen-bond acceptors (Lipinski definition) is 2. The maximum absolute atomic E-state index is 4.50. The molecule has 0 saturated carbocycles. The van der Waals surface area contributed by atoms with Gasteiger partial charge in [0.2, 0.25) is 0 Å². The van der Waals surface area contributed by atoms with Crippen molar-refractivity contribution in [3.8, 4) is 0 Å². The van der Waals surface area contributed by atoms with E-state index in [1.54, 1.807) is 0 Å². The van der Waals surface area contributed by atoms with Crippen molar-refractivity contribution in [3.05, 3.63) is 36.5 Å². The highest BCUT2D eigenvalue weighted by Gasteiger charge is 2.06. The first-order valence-electron chi connectivity index (χ1n) is 5.74. The number of aromatic nitrogens is 1. The molecule has 0 atom stereocenters. The second-order valence-corrected chi connectivity index (χ2v) is 4.11. The first-order chi connectivity index (χ1) is 7.93. The molecular weight excluding hydrogens is 198 g/mol. The van der Waals surface area contributed by atoms with Crippen molar-refractivity contribution in [3.63, 3.8) is 0 Å². The number of benzene rings is 1. The Kier molecular flexibility index (Phi) is 2.37. The summed E-state index contributed by atoms with van der Waals surface area (Å²) in [6.07, 6.45) is 3.28. The van der Waals surface area contributed by atoms with Gasteiger partial charge in [-0.1, -0.05) is 18.2 Å². The fourth-order valence-corrected chi connectivity index (χ4v) is 2.13. The highest BCUT2D eigenvalue weighted by Crippen LogP contribution is 2.14. The van der Waals surface area contributed by atoms with Gasteiger partial charge in [-0.25, -0.2) is 0 Å². The molecule has 0 unspecified atom stereocenters. The molecule has 2 aromatic rings. The number of para-hydroxylation sites is 1. The van der Waals surface area contributed by atoms with E-state index in [-0.39, 0.29) is 0 Å². The number of nitrogens with zero attached hydrogens (tertiary/aromatic N) is 2. The topological polar surface area (TPSA) is 29.3 Å². The van der Waals surface area contributed by atoms with E-state index in [0.717, 1.165) is 31.9 Å². The van der Waals surface area contributed by atoms with Crippen molar-refractivity contribution in [1.82, 2.24) is 9.88 Å². The van der Waals surface area contributed by atoms with Gasteiger partial charge in [-0.3, -0.25) is 4.99 Å². The molecule has 0 spiro atoms. The molecule has 1 N–H and O–H groups in total. The molecule has 0 saturated heterocycles. The molecule has 3 nitrogen and oxygen atoms in total. The zero-order valence-corrected chi connectivity index (χ0v) is 9.19. The lowest BCUT2D eigenvalue weighted by atomic mass is 10.2. The molecule has 3 heteroatoms. The fourth-order valence-electron chi connectivity index (χ4n) is 2.13. The van der Waals surface area contributed by atoms with Crippen molar-refractivity contribution in [2.24, 2.45) is 4.99 Å². The van der Waals surface area contributed by atoms with Crippen LogP contribution >= 0.6 is 0 Å². The molecule has 3 rings (SSSR count). The van der Waals surface area contributed by atoms with E-state index in [2.05, 4.69) is 51.4 Å². The third-order valence-corrected chi connectivity index (χ3v) is 2.97. The Bertz CT molecular complexity index is 525. The molecule has 1 aliphatic rings. The molecule has 2 heterocycles. The zero-order chi connectivity index (χ0) is 10.8. The van der Waals surface area contributed by atoms with Crippen molar-refractivity contribution in [2.45, 2.75) is 13.0 Å². The predicted octanol–water partition coefficient (Wildman–Crippen LogP) is 2.03. The second-order valence-electron chi connectivity index (χ2n) is 4.11. The molecule has 1 aromatic carbocycles. The molecule has 1 aromatic heterocycles. The van der Waals surface area contributed by atoms with Gasteiger partial charge in [0, 0.05) is 24.8 Å². The first kappa shape index (κ1) is 9.46. The Morgan fingerprint density at radius 1 is 1.25 bits per heavy atom. The van der Waals surface area contributed by atoms with Crippen LogP contribution in [0.3, 0.4) is 0 Å². The van der Waals surface area contributed by atoms with Gasteiger partial charge in [0.25, 0.3) is 0 Å². The maximum Gasteiger partial charge on any atom is 0.116 e. The first-order valence-corrected chi connectivity index (χ1v) is 5.74. The van der Waals surface area contributed by atoms with E-state index in [9.17, 15) is 0 Å². The minimum Gasteiger partial charge on any atom is -0.372 e. The van der Waals surface area contributed by atoms with Crippen molar-refractivity contribution in [2.75, 3.05) is 13.1 Å². The highest BCUT2D eigenvalue weighted by atomic mass is 15.1. The quantitative estimate of drug-likeness (QED) is 0.812. The summed E-state index contributed by atoms with van der Waals surface area (Å²) in [7, 11) is 0. The number of fused-ring (bicyclic) bond motifs is 1. The lowest BCUT2D eigenvalue weighted by molar-refractivity contribution is 0.708. The summed E-state index contributed by atoms with van der Waals surface area (Å²) in [6.45, 7) is 2.87. The predicted molar refractivity (Wildman–Crippen MR) is 66.9 cm³/mol. The van der Waals surface area contributed by atoms with Crippen molar-refractivity contribution < 1.29 is 0 Å². The Hall–Kier alpha value is -1.77. The van der Waals surface area contributed by atoms with Crippen LogP contribution in [0.4, 0.5) is 0 Å². The summed E-state index contributed by atoms with van der Waals surface area (Å²) in [6, 6.07) is 10.6. The van der Waals surface area contributed by atoms with Crippen molar-refractivity contribution in [1.29, 1.82) is 0 Å². The average Bonchev–Trinajstić information content (AvgIpc) is 2.74. The summed E-state index contributed by atoms with van der Waals surface area (Å²) in [5.41, 5.74) is 1.28. The minimum atomic E-state index is 0.855. The molecular formula is C13H15N3. The molecule has 0 bridgehead atoms. The van der Waals surface area contributed by atoms with Crippen LogP contribution in [0.25, 0.3) is 10.9 Å². The molecule has 0 radical (unpaired) electrons. The summed E-state index contributed by atoms with van der Waals surface area (Å²) >= 11 is 0. The number of nitrogens with one attached hydrogen (secondary N) is 1. The maximum atomic E-state index is 4.50. The minimum absolute atomic E-state index is 0.855. The Morgan fingerprint density at radius 2 is 2.19 bits per heavy atom. The number of aliphatic imine (C=N–C) groups is 1. The molecule has 0 aliphatic carbocycles. The molecule has 82 valence electrons. The summed E-state index contributed by atoms with van der Waals surface area (Å²) in [5, 5.41) is 4.64. The molecule has 16 heavy (non-hydrogen) atoms. The van der Waals surface area contributed by atoms with Crippen LogP contribution in [0, 0.1) is 0 Å². The largest absolute Gasteiger partial charge is 0.372 e. The van der Waals surface area contributed by atoms with Crippen LogP contribution in [0.1, 0.15) is 6.42 Å². The second kappa shape index (κ2) is 4.00. The van der Waals surface area contributed by atoms with E-state index in [1.165, 1.54) is 10.9 Å². The number of rotatable bonds is 2. The van der Waals surface area contributed by atoms with E-state index in [0.29, 0.717) is 0 Å². The van der Waals surface area contributed by atoms with Crippen LogP contribution in [0.5, 0.6) is 0 Å². The van der Waals surface area contributed by atoms with Crippen LogP contribution in [0.2, 0.25) is 0 Å². The lowest BCUT2D eigenvalue weighted by Crippen LogP contribution is -2.32. The van der Waals surface area contributed by atoms with Crippen LogP contribution in [0.15, 0.2) is 41.5 Å². The SMILES string of the molecule is c1ccc2c(c1)ccn2CC1=NCCCN1. The van der Waals surface area contributed by atoms with E-state index in [1.807, 2.05) is 0 Å². The smallest absolute Gasteiger partial charge is 0.116 e. The van der Waals surface area contributed by atoms with Gasteiger partial charge in [-0.05, 0) is 23.9 Å². The van der Waals surface area contributed by atoms with Gasteiger partial charge in [-0.15, -0.1) is 0 Å². The van der Waals surface area contributed by atoms with Crippen LogP contribution in [-0.4, -0.2) is 23.5 Å². The third-order valence-electron chi connectivity index (χ3n) is 2.97. The fraction of sp³-hybridized carbons (Fsp3) is 0.308. The monoisotopic (exact) mass is 213 g/mol. The summed E-state index contributed by atoms with van der Waals surface area (Å²) in [5.74, 6) is 1.10. The zero-order valence-electron chi connectivity index (χ0n) is 9.19. The standard InChI is InChI=1S/C13H15N3/c1-2-5-12-11(4-1)6-9-16(12)10-13-14-7-3-8-15-13/h1-2,4-6,9H,3,7-8,10H2,(H,14,15). The molecule has 1 aliphatic heterocycles.